The lowest BCUT2D eigenvalue weighted by molar-refractivity contribution is 0.112. The molecule has 0 saturated heterocycles. The van der Waals surface area contributed by atoms with Crippen LogP contribution < -0.4 is 10.5 Å². The molecule has 19 heavy (non-hydrogen) atoms. The third-order valence-corrected chi connectivity index (χ3v) is 3.29. The van der Waals surface area contributed by atoms with Crippen molar-refractivity contribution in [3.05, 3.63) is 57.6 Å². The number of hydrogen-bond donors (Lipinski definition) is 1. The number of rotatable bonds is 4. The van der Waals surface area contributed by atoms with Crippen molar-refractivity contribution in [3.8, 4) is 5.75 Å². The first kappa shape index (κ1) is 13.7. The molecule has 0 atom stereocenters. The average molecular weight is 296 g/mol. The number of halogens is 2. The van der Waals surface area contributed by atoms with E-state index in [2.05, 4.69) is 0 Å². The molecule has 0 amide bonds. The summed E-state index contributed by atoms with van der Waals surface area (Å²) in [7, 11) is 0. The number of benzene rings is 2. The van der Waals surface area contributed by atoms with E-state index in [1.807, 2.05) is 6.07 Å². The number of aldehydes is 1. The predicted molar refractivity (Wildman–Crippen MR) is 77.0 cm³/mol. The molecule has 98 valence electrons. The summed E-state index contributed by atoms with van der Waals surface area (Å²) < 4.78 is 5.57. The average Bonchev–Trinajstić information content (AvgIpc) is 2.41. The molecule has 3 nitrogen and oxygen atoms in total. The number of hydrogen-bond acceptors (Lipinski definition) is 3. The van der Waals surface area contributed by atoms with Crippen LogP contribution in [0, 0.1) is 0 Å². The van der Waals surface area contributed by atoms with Gasteiger partial charge in [0.25, 0.3) is 0 Å². The highest BCUT2D eigenvalue weighted by Gasteiger charge is 2.04. The Morgan fingerprint density at radius 1 is 1.11 bits per heavy atom. The minimum absolute atomic E-state index is 0.321. The fourth-order valence-corrected chi connectivity index (χ4v) is 1.88. The lowest BCUT2D eigenvalue weighted by Gasteiger charge is -2.09. The van der Waals surface area contributed by atoms with Gasteiger partial charge >= 0.3 is 0 Å². The Hall–Kier alpha value is -1.71. The molecule has 0 aliphatic carbocycles. The Balaban J connectivity index is 2.09. The van der Waals surface area contributed by atoms with E-state index in [9.17, 15) is 4.79 Å². The largest absolute Gasteiger partial charge is 0.487 e. The number of nitrogens with two attached hydrogens (primary N) is 1. The van der Waals surface area contributed by atoms with Gasteiger partial charge in [-0.1, -0.05) is 29.3 Å². The summed E-state index contributed by atoms with van der Waals surface area (Å²) in [6, 6.07) is 10.1. The molecule has 2 aromatic rings. The van der Waals surface area contributed by atoms with Crippen LogP contribution in [0.2, 0.25) is 10.0 Å². The van der Waals surface area contributed by atoms with Gasteiger partial charge in [-0.2, -0.15) is 0 Å². The zero-order valence-electron chi connectivity index (χ0n) is 9.90. The fraction of sp³-hybridized carbons (Fsp3) is 0.0714. The van der Waals surface area contributed by atoms with Gasteiger partial charge in [0, 0.05) is 5.56 Å². The van der Waals surface area contributed by atoms with Crippen molar-refractivity contribution in [2.45, 2.75) is 6.61 Å². The van der Waals surface area contributed by atoms with Crippen LogP contribution in [0.4, 0.5) is 5.69 Å². The van der Waals surface area contributed by atoms with Gasteiger partial charge < -0.3 is 10.5 Å². The summed E-state index contributed by atoms with van der Waals surface area (Å²) in [6.45, 7) is 0.321. The zero-order valence-corrected chi connectivity index (χ0v) is 11.4. The van der Waals surface area contributed by atoms with Gasteiger partial charge in [0.2, 0.25) is 0 Å². The quantitative estimate of drug-likeness (QED) is 0.686. The van der Waals surface area contributed by atoms with Crippen molar-refractivity contribution in [1.29, 1.82) is 0 Å². The minimum Gasteiger partial charge on any atom is -0.487 e. The standard InChI is InChI=1S/C14H11Cl2NO2/c15-11-3-1-10(5-12(11)16)8-19-14-4-2-9(7-18)6-13(14)17/h1-7H,8,17H2. The van der Waals surface area contributed by atoms with E-state index in [0.29, 0.717) is 33.7 Å². The molecule has 0 radical (unpaired) electrons. The monoisotopic (exact) mass is 295 g/mol. The van der Waals surface area contributed by atoms with Crippen molar-refractivity contribution < 1.29 is 9.53 Å². The molecule has 0 heterocycles. The molecule has 0 unspecified atom stereocenters. The maximum Gasteiger partial charge on any atom is 0.150 e. The summed E-state index contributed by atoms with van der Waals surface area (Å²) in [5, 5.41) is 0.979. The van der Waals surface area contributed by atoms with Crippen LogP contribution in [-0.2, 0) is 6.61 Å². The number of ether oxygens (including phenoxy) is 1. The molecular formula is C14H11Cl2NO2. The molecule has 2 aromatic carbocycles. The van der Waals surface area contributed by atoms with Crippen molar-refractivity contribution in [2.75, 3.05) is 5.73 Å². The van der Waals surface area contributed by atoms with E-state index >= 15 is 0 Å². The summed E-state index contributed by atoms with van der Waals surface area (Å²) in [4.78, 5) is 10.6. The lowest BCUT2D eigenvalue weighted by atomic mass is 10.2. The summed E-state index contributed by atoms with van der Waals surface area (Å²) >= 11 is 11.7. The van der Waals surface area contributed by atoms with Crippen LogP contribution in [0.15, 0.2) is 36.4 Å². The predicted octanol–water partition coefficient (Wildman–Crippen LogP) is 3.97. The number of nitrogen functional groups attached to an aromatic ring is 1. The molecular weight excluding hydrogens is 285 g/mol. The normalized spacial score (nSPS) is 10.2. The molecule has 0 fully saturated rings. The van der Waals surface area contributed by atoms with Gasteiger partial charge in [-0.15, -0.1) is 0 Å². The highest BCUT2D eigenvalue weighted by atomic mass is 35.5. The first-order valence-corrected chi connectivity index (χ1v) is 6.27. The molecule has 5 heteroatoms. The molecule has 0 spiro atoms. The van der Waals surface area contributed by atoms with Gasteiger partial charge in [0.1, 0.15) is 18.6 Å². The van der Waals surface area contributed by atoms with Crippen molar-refractivity contribution in [2.24, 2.45) is 0 Å². The van der Waals surface area contributed by atoms with Crippen LogP contribution in [0.1, 0.15) is 15.9 Å². The molecule has 2 rings (SSSR count). The van der Waals surface area contributed by atoms with Gasteiger partial charge in [-0.25, -0.2) is 0 Å². The van der Waals surface area contributed by atoms with Gasteiger partial charge in [0.05, 0.1) is 15.7 Å². The van der Waals surface area contributed by atoms with E-state index in [-0.39, 0.29) is 0 Å². The maximum atomic E-state index is 10.6. The summed E-state index contributed by atoms with van der Waals surface area (Å²) in [5.74, 6) is 0.525. The Labute approximate surface area is 120 Å². The first-order valence-electron chi connectivity index (χ1n) is 5.51. The van der Waals surface area contributed by atoms with Gasteiger partial charge in [0.15, 0.2) is 0 Å². The SMILES string of the molecule is Nc1cc(C=O)ccc1OCc1ccc(Cl)c(Cl)c1. The zero-order chi connectivity index (χ0) is 13.8. The van der Waals surface area contributed by atoms with E-state index in [1.165, 1.54) is 0 Å². The van der Waals surface area contributed by atoms with Crippen molar-refractivity contribution in [1.82, 2.24) is 0 Å². The molecule has 0 saturated carbocycles. The Kier molecular flexibility index (Phi) is 4.30. The third kappa shape index (κ3) is 3.40. The first-order chi connectivity index (χ1) is 9.10. The molecule has 0 aliphatic heterocycles. The topological polar surface area (TPSA) is 52.3 Å². The minimum atomic E-state index is 0.321. The third-order valence-electron chi connectivity index (χ3n) is 2.55. The van der Waals surface area contributed by atoms with Crippen LogP contribution >= 0.6 is 23.2 Å². The molecule has 2 N–H and O–H groups in total. The van der Waals surface area contributed by atoms with Crippen LogP contribution in [0.3, 0.4) is 0 Å². The maximum absolute atomic E-state index is 10.6. The summed E-state index contributed by atoms with van der Waals surface area (Å²) in [6.07, 6.45) is 0.735. The number of carbonyl (C=O) groups is 1. The Bertz CT molecular complexity index is 614. The smallest absolute Gasteiger partial charge is 0.150 e. The second-order valence-corrected chi connectivity index (χ2v) is 4.77. The molecule has 0 aliphatic rings. The Morgan fingerprint density at radius 3 is 2.53 bits per heavy atom. The van der Waals surface area contributed by atoms with E-state index < -0.39 is 0 Å². The fourth-order valence-electron chi connectivity index (χ4n) is 1.56. The van der Waals surface area contributed by atoms with Gasteiger partial charge in [-0.05, 0) is 35.9 Å². The van der Waals surface area contributed by atoms with Crippen LogP contribution in [0.5, 0.6) is 5.75 Å². The van der Waals surface area contributed by atoms with Crippen LogP contribution in [0.25, 0.3) is 0 Å². The summed E-state index contributed by atoms with van der Waals surface area (Å²) in [5.41, 5.74) is 7.60. The van der Waals surface area contributed by atoms with E-state index in [4.69, 9.17) is 33.7 Å². The Morgan fingerprint density at radius 2 is 1.89 bits per heavy atom. The second-order valence-electron chi connectivity index (χ2n) is 3.95. The van der Waals surface area contributed by atoms with Crippen LogP contribution in [-0.4, -0.2) is 6.29 Å². The number of anilines is 1. The highest BCUT2D eigenvalue weighted by Crippen LogP contribution is 2.25. The second kappa shape index (κ2) is 5.95. The molecule has 0 bridgehead atoms. The highest BCUT2D eigenvalue weighted by molar-refractivity contribution is 6.42. The van der Waals surface area contributed by atoms with Gasteiger partial charge in [-0.3, -0.25) is 4.79 Å². The molecule has 0 aromatic heterocycles. The lowest BCUT2D eigenvalue weighted by Crippen LogP contribution is -1.99. The number of carbonyl (C=O) groups excluding carboxylic acids is 1. The van der Waals surface area contributed by atoms with Crippen molar-refractivity contribution >= 4 is 35.2 Å². The van der Waals surface area contributed by atoms with E-state index in [0.717, 1.165) is 11.8 Å². The van der Waals surface area contributed by atoms with E-state index in [1.54, 1.807) is 30.3 Å². The van der Waals surface area contributed by atoms with Crippen molar-refractivity contribution in [3.63, 3.8) is 0 Å².